The van der Waals surface area contributed by atoms with Crippen LogP contribution in [-0.2, 0) is 35.3 Å². The predicted molar refractivity (Wildman–Crippen MR) is 266 cm³/mol. The number of fused-ring (bicyclic) bond motifs is 4. The van der Waals surface area contributed by atoms with Gasteiger partial charge in [-0.1, -0.05) is 58.0 Å². The number of hydrogen-bond acceptors (Lipinski definition) is 10. The number of hydrogen-bond donors (Lipinski definition) is 1. The van der Waals surface area contributed by atoms with E-state index in [0.717, 1.165) is 110 Å². The van der Waals surface area contributed by atoms with Crippen molar-refractivity contribution in [2.45, 2.75) is 161 Å². The van der Waals surface area contributed by atoms with Gasteiger partial charge < -0.3 is 9.47 Å². The van der Waals surface area contributed by atoms with E-state index in [-0.39, 0.29) is 66.8 Å². The lowest BCUT2D eigenvalue weighted by molar-refractivity contribution is 0.0183. The Morgan fingerprint density at radius 3 is 1.51 bits per heavy atom. The van der Waals surface area contributed by atoms with Crippen LogP contribution in [0.2, 0.25) is 0 Å². The molecule has 0 radical (unpaired) electrons. The second kappa shape index (κ2) is 19.5. The molecular weight excluding hydrogens is 869 g/mol. The average molecular weight is 956 g/mol. The lowest BCUT2D eigenvalue weighted by atomic mass is 9.65. The molecule has 0 spiro atoms. The summed E-state index contributed by atoms with van der Waals surface area (Å²) in [5.74, 6) is 2.51. The van der Waals surface area contributed by atoms with E-state index in [4.69, 9.17) is 22.1 Å². The summed E-state index contributed by atoms with van der Waals surface area (Å²) < 4.78 is 70.0. The highest BCUT2D eigenvalue weighted by Gasteiger charge is 2.73. The fourth-order valence-corrected chi connectivity index (χ4v) is 23.0. The van der Waals surface area contributed by atoms with Gasteiger partial charge in [0.05, 0.1) is 37.9 Å². The van der Waals surface area contributed by atoms with Crippen molar-refractivity contribution < 1.29 is 26.3 Å². The van der Waals surface area contributed by atoms with E-state index in [1.54, 1.807) is 8.61 Å². The van der Waals surface area contributed by atoms with Crippen molar-refractivity contribution in [1.82, 2.24) is 18.4 Å². The Labute approximate surface area is 394 Å². The fraction of sp³-hybridized carbons (Fsp3) is 0.878. The van der Waals surface area contributed by atoms with Crippen LogP contribution in [-0.4, -0.2) is 146 Å². The van der Waals surface area contributed by atoms with Crippen molar-refractivity contribution in [3.8, 4) is 0 Å². The molecule has 6 atom stereocenters. The third-order valence-electron chi connectivity index (χ3n) is 17.3. The number of nitrogens with zero attached hydrogens (tertiary/aromatic N) is 4. The number of morpholine rings is 2. The lowest BCUT2D eigenvalue weighted by Crippen LogP contribution is -2.59. The Bertz CT molecular complexity index is 1890. The minimum absolute atomic E-state index is 0.0182. The third kappa shape index (κ3) is 9.77. The van der Waals surface area contributed by atoms with Gasteiger partial charge in [0.2, 0.25) is 20.0 Å². The van der Waals surface area contributed by atoms with Crippen LogP contribution in [0.4, 0.5) is 0 Å². The summed E-state index contributed by atoms with van der Waals surface area (Å²) >= 11 is 7.36. The minimum atomic E-state index is -3.44. The Hall–Kier alpha value is -0.420. The van der Waals surface area contributed by atoms with Crippen molar-refractivity contribution in [1.29, 1.82) is 0 Å². The van der Waals surface area contributed by atoms with Gasteiger partial charge in [-0.2, -0.15) is 21.2 Å². The largest absolute Gasteiger partial charge is 0.379 e. The van der Waals surface area contributed by atoms with Gasteiger partial charge in [0.25, 0.3) is 0 Å². The average Bonchev–Trinajstić information content (AvgIpc) is 3.69. The van der Waals surface area contributed by atoms with Crippen molar-refractivity contribution in [2.24, 2.45) is 33.5 Å². The molecule has 362 valence electrons. The summed E-state index contributed by atoms with van der Waals surface area (Å²) in [5, 5.41) is 0. The van der Waals surface area contributed by atoms with Crippen LogP contribution in [0, 0.1) is 33.5 Å². The SMILES string of the molecule is CC(C)N(C(C)C)S(=O)(=O)CC12CCC(CC1(CN1CCOCC1)SCc1ccccc1)C2(C)C.CC(C)N(C(C)C)S(=O)(=O)CC12CCC(CC1(S)CN1CCOCC1)C2(C)C. The van der Waals surface area contributed by atoms with Gasteiger partial charge in [-0.3, -0.25) is 9.80 Å². The summed E-state index contributed by atoms with van der Waals surface area (Å²) in [4.78, 5) is 4.99. The van der Waals surface area contributed by atoms with E-state index in [9.17, 15) is 16.8 Å². The summed E-state index contributed by atoms with van der Waals surface area (Å²) in [6.45, 7) is 33.9. The Morgan fingerprint density at radius 1 is 0.651 bits per heavy atom. The predicted octanol–water partition coefficient (Wildman–Crippen LogP) is 8.53. The topological polar surface area (TPSA) is 99.7 Å². The van der Waals surface area contributed by atoms with Crippen molar-refractivity contribution in [3.05, 3.63) is 35.9 Å². The highest BCUT2D eigenvalue weighted by atomic mass is 32.2. The first-order chi connectivity index (χ1) is 29.3. The first kappa shape index (κ1) is 52.0. The number of sulfonamides is 2. The molecule has 0 aromatic heterocycles. The van der Waals surface area contributed by atoms with Crippen LogP contribution >= 0.6 is 24.4 Å². The molecule has 4 aliphatic carbocycles. The molecule has 2 saturated heterocycles. The summed E-state index contributed by atoms with van der Waals surface area (Å²) in [6.07, 6.45) is 6.34. The Kier molecular flexibility index (Phi) is 16.1. The van der Waals surface area contributed by atoms with E-state index in [2.05, 4.69) is 67.8 Å². The summed E-state index contributed by atoms with van der Waals surface area (Å²) in [5.41, 5.74) is 0.725. The van der Waals surface area contributed by atoms with Crippen LogP contribution in [0.15, 0.2) is 30.3 Å². The molecule has 1 aromatic rings. The molecule has 0 N–H and O–H groups in total. The monoisotopic (exact) mass is 955 g/mol. The molecule has 6 aliphatic rings. The number of rotatable bonds is 17. The van der Waals surface area contributed by atoms with Gasteiger partial charge in [-0.15, -0.1) is 11.8 Å². The molecule has 14 heteroatoms. The quantitative estimate of drug-likeness (QED) is 0.154. The van der Waals surface area contributed by atoms with E-state index in [1.165, 1.54) is 5.56 Å². The van der Waals surface area contributed by atoms with Gasteiger partial charge in [-0.25, -0.2) is 16.8 Å². The maximum absolute atomic E-state index is 14.2. The molecule has 7 rings (SSSR count). The first-order valence-electron chi connectivity index (χ1n) is 24.3. The van der Waals surface area contributed by atoms with Gasteiger partial charge in [0.1, 0.15) is 0 Å². The maximum atomic E-state index is 14.2. The maximum Gasteiger partial charge on any atom is 0.215 e. The highest BCUT2D eigenvalue weighted by Crippen LogP contribution is 2.75. The second-order valence-electron chi connectivity index (χ2n) is 22.6. The Balaban J connectivity index is 0.000000215. The molecule has 1 aromatic carbocycles. The van der Waals surface area contributed by atoms with E-state index in [0.29, 0.717) is 11.8 Å². The van der Waals surface area contributed by atoms with E-state index < -0.39 is 20.0 Å². The molecule has 4 saturated carbocycles. The molecular formula is C49H86N4O6S4. The zero-order valence-corrected chi connectivity index (χ0v) is 44.5. The van der Waals surface area contributed by atoms with Gasteiger partial charge in [-0.05, 0) is 122 Å². The molecule has 63 heavy (non-hydrogen) atoms. The molecule has 2 heterocycles. The van der Waals surface area contributed by atoms with E-state index in [1.807, 2.05) is 67.2 Å². The molecule has 10 nitrogen and oxygen atoms in total. The zero-order chi connectivity index (χ0) is 46.4. The van der Waals surface area contributed by atoms with Crippen molar-refractivity contribution in [2.75, 3.05) is 77.2 Å². The van der Waals surface area contributed by atoms with Crippen LogP contribution < -0.4 is 0 Å². The zero-order valence-electron chi connectivity index (χ0n) is 41.2. The highest BCUT2D eigenvalue weighted by molar-refractivity contribution is 8.00. The lowest BCUT2D eigenvalue weighted by Gasteiger charge is -2.53. The molecule has 4 bridgehead atoms. The van der Waals surface area contributed by atoms with Crippen LogP contribution in [0.3, 0.4) is 0 Å². The normalized spacial score (nSPS) is 33.4. The standard InChI is InChI=1S/C28H46N2O3S2.C21H40N2O3S2/c1-22(2)30(23(3)4)35(31,32)21-27-13-12-25(26(27,5)6)18-28(27,20-29-14-16-33-17-15-29)34-19-24-10-8-7-9-11-24;1-16(2)23(17(3)4)28(24,25)15-20-8-7-18(19(20,5)6)13-21(20,27)14-22-9-11-26-12-10-22/h7-11,22-23,25H,12-21H2,1-6H3;16-18,27H,7-15H2,1-6H3. The van der Waals surface area contributed by atoms with Gasteiger partial charge in [0.15, 0.2) is 0 Å². The summed E-state index contributed by atoms with van der Waals surface area (Å²) in [7, 11) is -6.83. The van der Waals surface area contributed by atoms with Crippen molar-refractivity contribution >= 4 is 44.4 Å². The fourth-order valence-electron chi connectivity index (χ4n) is 14.3. The third-order valence-corrected chi connectivity index (χ3v) is 24.5. The van der Waals surface area contributed by atoms with Crippen LogP contribution in [0.5, 0.6) is 0 Å². The first-order valence-corrected chi connectivity index (χ1v) is 29.0. The number of thiol groups is 1. The molecule has 2 aliphatic heterocycles. The Morgan fingerprint density at radius 2 is 1.06 bits per heavy atom. The van der Waals surface area contributed by atoms with Crippen molar-refractivity contribution in [3.63, 3.8) is 0 Å². The number of thioether (sulfide) groups is 1. The minimum Gasteiger partial charge on any atom is -0.379 e. The molecule has 6 fully saturated rings. The van der Waals surface area contributed by atoms with Crippen LogP contribution in [0.25, 0.3) is 0 Å². The smallest absolute Gasteiger partial charge is 0.215 e. The number of benzene rings is 1. The molecule has 0 amide bonds. The van der Waals surface area contributed by atoms with Gasteiger partial charge >= 0.3 is 0 Å². The number of ether oxygens (including phenoxy) is 2. The van der Waals surface area contributed by atoms with E-state index >= 15 is 0 Å². The van der Waals surface area contributed by atoms with Crippen LogP contribution in [0.1, 0.15) is 127 Å². The molecule has 6 unspecified atom stereocenters. The second-order valence-corrected chi connectivity index (χ2v) is 28.6. The van der Waals surface area contributed by atoms with Gasteiger partial charge in [0, 0.05) is 89.5 Å². The summed E-state index contributed by atoms with van der Waals surface area (Å²) in [6, 6.07) is 10.6.